The highest BCUT2D eigenvalue weighted by Gasteiger charge is 2.22. The molecule has 2 aliphatic rings. The molecule has 4 rings (SSSR count). The summed E-state index contributed by atoms with van der Waals surface area (Å²) in [4.78, 5) is 14.7. The molecule has 9 nitrogen and oxygen atoms in total. The average Bonchev–Trinajstić information content (AvgIpc) is 3.14. The van der Waals surface area contributed by atoms with Gasteiger partial charge in [-0.25, -0.2) is 0 Å². The van der Waals surface area contributed by atoms with Crippen LogP contribution in [0.5, 0.6) is 11.5 Å². The number of carbonyl (C=O) groups is 1. The topological polar surface area (TPSA) is 90.7 Å². The lowest BCUT2D eigenvalue weighted by atomic mass is 10.2. The van der Waals surface area contributed by atoms with Crippen LogP contribution in [0.2, 0.25) is 0 Å². The number of hydrogen-bond acceptors (Lipinski definition) is 8. The fourth-order valence-electron chi connectivity index (χ4n) is 3.36. The number of aromatic nitrogens is 3. The van der Waals surface area contributed by atoms with E-state index in [1.165, 1.54) is 11.8 Å². The summed E-state index contributed by atoms with van der Waals surface area (Å²) in [6.07, 6.45) is 0. The summed E-state index contributed by atoms with van der Waals surface area (Å²) in [6.45, 7) is 9.14. The second-order valence-corrected chi connectivity index (χ2v) is 8.52. The molecule has 2 aromatic rings. The predicted octanol–water partition coefficient (Wildman–Crippen LogP) is 2.27. The van der Waals surface area contributed by atoms with Crippen molar-refractivity contribution in [1.82, 2.24) is 14.8 Å². The first-order chi connectivity index (χ1) is 14.6. The van der Waals surface area contributed by atoms with Crippen molar-refractivity contribution in [2.45, 2.75) is 25.5 Å². The Bertz CT molecular complexity index is 882. The van der Waals surface area contributed by atoms with E-state index in [-0.39, 0.29) is 11.7 Å². The normalized spacial score (nSPS) is 16.0. The van der Waals surface area contributed by atoms with Gasteiger partial charge < -0.3 is 24.4 Å². The number of benzene rings is 1. The summed E-state index contributed by atoms with van der Waals surface area (Å²) in [5, 5.41) is 12.4. The smallest absolute Gasteiger partial charge is 0.234 e. The summed E-state index contributed by atoms with van der Waals surface area (Å²) >= 11 is 1.39. The first kappa shape index (κ1) is 20.8. The van der Waals surface area contributed by atoms with Crippen molar-refractivity contribution >= 4 is 29.3 Å². The molecule has 1 amide bonds. The molecule has 1 fully saturated rings. The number of nitrogens with one attached hydrogen (secondary N) is 1. The molecule has 1 saturated heterocycles. The largest absolute Gasteiger partial charge is 0.486 e. The third-order valence-electron chi connectivity index (χ3n) is 4.70. The van der Waals surface area contributed by atoms with Crippen LogP contribution < -0.4 is 19.7 Å². The molecule has 0 radical (unpaired) electrons. The number of thioether (sulfide) groups is 1. The van der Waals surface area contributed by atoms with Crippen molar-refractivity contribution in [3.63, 3.8) is 0 Å². The second kappa shape index (κ2) is 9.57. The molecule has 2 aliphatic heterocycles. The Morgan fingerprint density at radius 3 is 2.67 bits per heavy atom. The van der Waals surface area contributed by atoms with Gasteiger partial charge in [-0.1, -0.05) is 25.6 Å². The maximum Gasteiger partial charge on any atom is 0.234 e. The van der Waals surface area contributed by atoms with Crippen LogP contribution >= 0.6 is 11.8 Å². The van der Waals surface area contributed by atoms with Gasteiger partial charge in [-0.3, -0.25) is 9.36 Å². The van der Waals surface area contributed by atoms with Crippen LogP contribution in [-0.2, 0) is 16.1 Å². The minimum absolute atomic E-state index is 0.108. The van der Waals surface area contributed by atoms with Crippen molar-refractivity contribution in [1.29, 1.82) is 0 Å². The number of nitrogens with zero attached hydrogens (tertiary/aromatic N) is 4. The van der Waals surface area contributed by atoms with Gasteiger partial charge in [0.2, 0.25) is 11.9 Å². The van der Waals surface area contributed by atoms with Crippen molar-refractivity contribution in [3.8, 4) is 11.5 Å². The van der Waals surface area contributed by atoms with Crippen molar-refractivity contribution in [2.24, 2.45) is 5.92 Å². The number of anilines is 2. The highest BCUT2D eigenvalue weighted by atomic mass is 32.2. The van der Waals surface area contributed by atoms with Gasteiger partial charge in [0.25, 0.3) is 0 Å². The first-order valence-electron chi connectivity index (χ1n) is 10.2. The second-order valence-electron chi connectivity index (χ2n) is 7.58. The molecule has 1 aromatic carbocycles. The Morgan fingerprint density at radius 1 is 1.13 bits per heavy atom. The van der Waals surface area contributed by atoms with E-state index in [0.717, 1.165) is 30.7 Å². The maximum atomic E-state index is 12.5. The molecule has 10 heteroatoms. The van der Waals surface area contributed by atoms with Gasteiger partial charge >= 0.3 is 0 Å². The zero-order valence-electron chi connectivity index (χ0n) is 17.3. The minimum Gasteiger partial charge on any atom is -0.486 e. The van der Waals surface area contributed by atoms with Crippen LogP contribution in [-0.4, -0.2) is 65.9 Å². The highest BCUT2D eigenvalue weighted by molar-refractivity contribution is 7.99. The van der Waals surface area contributed by atoms with E-state index in [9.17, 15) is 4.79 Å². The van der Waals surface area contributed by atoms with E-state index in [4.69, 9.17) is 14.2 Å². The third kappa shape index (κ3) is 4.99. The molecule has 0 bridgehead atoms. The summed E-state index contributed by atoms with van der Waals surface area (Å²) in [5.41, 5.74) is 0.683. The van der Waals surface area contributed by atoms with Gasteiger partial charge in [-0.2, -0.15) is 0 Å². The predicted molar refractivity (Wildman–Crippen MR) is 115 cm³/mol. The standard InChI is InChI=1S/C20H27N5O4S/c1-14(2)12-25-19(24-5-7-27-8-6-24)22-23-20(25)30-13-18(26)21-15-3-4-16-17(11-15)29-10-9-28-16/h3-4,11,14H,5-10,12-13H2,1-2H3,(H,21,26). The van der Waals surface area contributed by atoms with E-state index in [1.807, 2.05) is 12.1 Å². The molecule has 0 spiro atoms. The number of carbonyl (C=O) groups excluding carboxylic acids is 1. The molecule has 1 N–H and O–H groups in total. The van der Waals surface area contributed by atoms with Crippen molar-refractivity contribution < 1.29 is 19.0 Å². The van der Waals surface area contributed by atoms with E-state index in [2.05, 4.69) is 38.8 Å². The maximum absolute atomic E-state index is 12.5. The monoisotopic (exact) mass is 433 g/mol. The number of rotatable bonds is 7. The summed E-state index contributed by atoms with van der Waals surface area (Å²) in [5.74, 6) is 2.77. The first-order valence-corrected chi connectivity index (χ1v) is 11.2. The fourth-order valence-corrected chi connectivity index (χ4v) is 4.10. The van der Waals surface area contributed by atoms with E-state index in [1.54, 1.807) is 6.07 Å². The molecule has 0 unspecified atom stereocenters. The Labute approximate surface area is 180 Å². The van der Waals surface area contributed by atoms with E-state index >= 15 is 0 Å². The quantitative estimate of drug-likeness (QED) is 0.665. The Kier molecular flexibility index (Phi) is 6.63. The molecule has 1 aromatic heterocycles. The van der Waals surface area contributed by atoms with Gasteiger partial charge in [-0.15, -0.1) is 10.2 Å². The lowest BCUT2D eigenvalue weighted by Crippen LogP contribution is -2.38. The molecule has 0 saturated carbocycles. The molecular formula is C20H27N5O4S. The molecule has 3 heterocycles. The average molecular weight is 434 g/mol. The zero-order valence-corrected chi connectivity index (χ0v) is 18.1. The number of fused-ring (bicyclic) bond motifs is 1. The van der Waals surface area contributed by atoms with Crippen LogP contribution in [0.15, 0.2) is 23.4 Å². The summed E-state index contributed by atoms with van der Waals surface area (Å²) in [7, 11) is 0. The molecule has 0 atom stereocenters. The number of amides is 1. The SMILES string of the molecule is CC(C)Cn1c(SCC(=O)Nc2ccc3c(c2)OCCO3)nnc1N1CCOCC1. The molecule has 30 heavy (non-hydrogen) atoms. The molecule has 0 aliphatic carbocycles. The van der Waals surface area contributed by atoms with Crippen molar-refractivity contribution in [3.05, 3.63) is 18.2 Å². The van der Waals surface area contributed by atoms with Gasteiger partial charge in [0, 0.05) is 31.4 Å². The molecule has 162 valence electrons. The van der Waals surface area contributed by atoms with Gasteiger partial charge in [0.1, 0.15) is 13.2 Å². The number of ether oxygens (including phenoxy) is 3. The van der Waals surface area contributed by atoms with Gasteiger partial charge in [-0.05, 0) is 18.1 Å². The van der Waals surface area contributed by atoms with Gasteiger partial charge in [0.05, 0.1) is 19.0 Å². The van der Waals surface area contributed by atoms with Crippen LogP contribution in [0, 0.1) is 5.92 Å². The number of hydrogen-bond donors (Lipinski definition) is 1. The summed E-state index contributed by atoms with van der Waals surface area (Å²) < 4.78 is 18.6. The fraction of sp³-hybridized carbons (Fsp3) is 0.550. The van der Waals surface area contributed by atoms with Crippen LogP contribution in [0.4, 0.5) is 11.6 Å². The Balaban J connectivity index is 1.40. The van der Waals surface area contributed by atoms with Crippen molar-refractivity contribution in [2.75, 3.05) is 55.5 Å². The van der Waals surface area contributed by atoms with Crippen LogP contribution in [0.1, 0.15) is 13.8 Å². The van der Waals surface area contributed by atoms with Crippen LogP contribution in [0.3, 0.4) is 0 Å². The van der Waals surface area contributed by atoms with Crippen LogP contribution in [0.25, 0.3) is 0 Å². The minimum atomic E-state index is -0.108. The third-order valence-corrected chi connectivity index (χ3v) is 5.66. The zero-order chi connectivity index (χ0) is 20.9. The van der Waals surface area contributed by atoms with E-state index in [0.29, 0.717) is 49.5 Å². The lowest BCUT2D eigenvalue weighted by Gasteiger charge is -2.28. The highest BCUT2D eigenvalue weighted by Crippen LogP contribution is 2.32. The Hall–Kier alpha value is -2.46. The summed E-state index contributed by atoms with van der Waals surface area (Å²) in [6, 6.07) is 5.41. The number of morpholine rings is 1. The Morgan fingerprint density at radius 2 is 1.90 bits per heavy atom. The molecular weight excluding hydrogens is 406 g/mol. The van der Waals surface area contributed by atoms with Gasteiger partial charge in [0.15, 0.2) is 16.7 Å². The van der Waals surface area contributed by atoms with E-state index < -0.39 is 0 Å². The lowest BCUT2D eigenvalue weighted by molar-refractivity contribution is -0.113.